The summed E-state index contributed by atoms with van der Waals surface area (Å²) in [6.45, 7) is 6.51. The molecule has 11 heavy (non-hydrogen) atoms. The molecule has 1 unspecified atom stereocenters. The number of hydrogen-bond acceptors (Lipinski definition) is 1. The van der Waals surface area contributed by atoms with E-state index in [4.69, 9.17) is 4.43 Å². The second-order valence-corrected chi connectivity index (χ2v) is 4.93. The van der Waals surface area contributed by atoms with Crippen LogP contribution in [0.2, 0.25) is 0 Å². The van der Waals surface area contributed by atoms with Crippen LogP contribution in [0.5, 0.6) is 0 Å². The zero-order chi connectivity index (χ0) is 8.91. The molecule has 0 spiro atoms. The van der Waals surface area contributed by atoms with Crippen LogP contribution in [-0.4, -0.2) is 20.9 Å². The maximum absolute atomic E-state index is 5.49. The van der Waals surface area contributed by atoms with Crippen molar-refractivity contribution in [3.05, 3.63) is 0 Å². The van der Waals surface area contributed by atoms with Gasteiger partial charge in [-0.25, -0.2) is 0 Å². The fourth-order valence-corrected chi connectivity index (χ4v) is 2.00. The number of hydrogen-bond donors (Lipinski definition) is 0. The summed E-state index contributed by atoms with van der Waals surface area (Å²) in [5.74, 6) is 0. The van der Waals surface area contributed by atoms with Gasteiger partial charge in [0.15, 0.2) is 0 Å². The number of halogens is 1. The molecule has 0 bridgehead atoms. The van der Waals surface area contributed by atoms with Gasteiger partial charge in [-0.2, -0.15) is 0 Å². The van der Waals surface area contributed by atoms with Gasteiger partial charge in [0, 0.05) is 4.83 Å². The number of unbranched alkanes of at least 4 members (excludes halogenated alkanes) is 1. The van der Waals surface area contributed by atoms with E-state index in [1.54, 1.807) is 0 Å². The maximum Gasteiger partial charge on any atom is 0.146 e. The van der Waals surface area contributed by atoms with Crippen LogP contribution in [0.3, 0.4) is 0 Å². The lowest BCUT2D eigenvalue weighted by Gasteiger charge is -2.29. The maximum atomic E-state index is 5.49. The highest BCUT2D eigenvalue weighted by molar-refractivity contribution is 9.09. The molecule has 0 heterocycles. The Hall–Kier alpha value is 0.657. The second-order valence-electron chi connectivity index (χ2n) is 3.42. The Labute approximate surface area is 81.6 Å². The van der Waals surface area contributed by atoms with Gasteiger partial charge in [-0.1, -0.05) is 35.7 Å². The third-order valence-corrected chi connectivity index (χ3v) is 4.70. The van der Waals surface area contributed by atoms with Crippen molar-refractivity contribution in [3.63, 3.8) is 0 Å². The van der Waals surface area contributed by atoms with Gasteiger partial charge in [-0.3, -0.25) is 0 Å². The highest BCUT2D eigenvalue weighted by atomic mass is 79.9. The minimum absolute atomic E-state index is 0.0292. The normalized spacial score (nSPS) is 15.3. The molecule has 0 aromatic heterocycles. The molecule has 0 saturated heterocycles. The fraction of sp³-hybridized carbons (Fsp3) is 1.00. The highest BCUT2D eigenvalue weighted by Crippen LogP contribution is 2.25. The first kappa shape index (κ1) is 11.7. The lowest BCUT2D eigenvalue weighted by atomic mass is 10.0. The van der Waals surface area contributed by atoms with Gasteiger partial charge in [-0.05, 0) is 20.3 Å². The van der Waals surface area contributed by atoms with Crippen LogP contribution in [0.1, 0.15) is 40.0 Å². The van der Waals surface area contributed by atoms with Crippen LogP contribution in [0.15, 0.2) is 0 Å². The Morgan fingerprint density at radius 3 is 2.45 bits per heavy atom. The zero-order valence-corrected chi connectivity index (χ0v) is 11.6. The predicted molar refractivity (Wildman–Crippen MR) is 57.3 cm³/mol. The van der Waals surface area contributed by atoms with E-state index in [9.17, 15) is 0 Å². The van der Waals surface area contributed by atoms with Crippen molar-refractivity contribution < 1.29 is 4.43 Å². The predicted octanol–water partition coefficient (Wildman–Crippen LogP) is 2.02. The van der Waals surface area contributed by atoms with E-state index in [1.165, 1.54) is 19.3 Å². The summed E-state index contributed by atoms with van der Waals surface area (Å²) < 4.78 is 5.49. The summed E-state index contributed by atoms with van der Waals surface area (Å²) >= 11 is 3.66. The summed E-state index contributed by atoms with van der Waals surface area (Å²) in [6.07, 6.45) is 3.76. The van der Waals surface area contributed by atoms with E-state index < -0.39 is 0 Å². The molecule has 0 aromatic carbocycles. The standard InChI is InChI=1S/C8H19BrOSi/c1-4-5-6-7(9)8(2,3)10-11/h7H,4-6H2,1-3,11H3. The largest absolute Gasteiger partial charge is 0.422 e. The average Bonchev–Trinajstić information content (AvgIpc) is 2.00. The second kappa shape index (κ2) is 5.33. The molecule has 0 fully saturated rings. The highest BCUT2D eigenvalue weighted by Gasteiger charge is 2.25. The molecule has 0 rings (SSSR count). The molecule has 0 saturated carbocycles. The topological polar surface area (TPSA) is 9.23 Å². The van der Waals surface area contributed by atoms with Crippen LogP contribution >= 0.6 is 15.9 Å². The van der Waals surface area contributed by atoms with Gasteiger partial charge in [0.1, 0.15) is 10.5 Å². The van der Waals surface area contributed by atoms with Crippen molar-refractivity contribution in [1.82, 2.24) is 0 Å². The summed E-state index contributed by atoms with van der Waals surface area (Å²) in [6, 6.07) is 0. The van der Waals surface area contributed by atoms with Crippen molar-refractivity contribution in [2.75, 3.05) is 0 Å². The molecule has 0 aromatic rings. The summed E-state index contributed by atoms with van der Waals surface area (Å²) in [4.78, 5) is 0.507. The van der Waals surface area contributed by atoms with Gasteiger partial charge < -0.3 is 4.43 Å². The first-order chi connectivity index (χ1) is 5.04. The van der Waals surface area contributed by atoms with Crippen molar-refractivity contribution >= 4 is 26.4 Å². The first-order valence-corrected chi connectivity index (χ1v) is 5.97. The zero-order valence-electron chi connectivity index (χ0n) is 7.98. The molecule has 1 atom stereocenters. The lowest BCUT2D eigenvalue weighted by molar-refractivity contribution is 0.119. The molecule has 0 aliphatic heterocycles. The average molecular weight is 239 g/mol. The third-order valence-electron chi connectivity index (χ3n) is 2.09. The van der Waals surface area contributed by atoms with Crippen LogP contribution < -0.4 is 0 Å². The van der Waals surface area contributed by atoms with Crippen molar-refractivity contribution in [2.45, 2.75) is 50.5 Å². The molecule has 0 aliphatic carbocycles. The van der Waals surface area contributed by atoms with Crippen LogP contribution in [0.25, 0.3) is 0 Å². The van der Waals surface area contributed by atoms with E-state index >= 15 is 0 Å². The van der Waals surface area contributed by atoms with Crippen LogP contribution in [0, 0.1) is 0 Å². The van der Waals surface area contributed by atoms with E-state index in [2.05, 4.69) is 36.7 Å². The van der Waals surface area contributed by atoms with Crippen molar-refractivity contribution in [3.8, 4) is 0 Å². The number of rotatable bonds is 5. The Kier molecular flexibility index (Phi) is 5.65. The quantitative estimate of drug-likeness (QED) is 0.527. The Bertz CT molecular complexity index is 106. The van der Waals surface area contributed by atoms with Crippen molar-refractivity contribution in [2.24, 2.45) is 0 Å². The van der Waals surface area contributed by atoms with Crippen molar-refractivity contribution in [1.29, 1.82) is 0 Å². The van der Waals surface area contributed by atoms with Gasteiger partial charge in [0.25, 0.3) is 0 Å². The van der Waals surface area contributed by atoms with Gasteiger partial charge in [0.2, 0.25) is 0 Å². The van der Waals surface area contributed by atoms with E-state index in [-0.39, 0.29) is 5.60 Å². The SMILES string of the molecule is CCCCC(Br)C(C)(C)O[SiH3]. The van der Waals surface area contributed by atoms with Gasteiger partial charge in [-0.15, -0.1) is 0 Å². The Morgan fingerprint density at radius 1 is 1.55 bits per heavy atom. The molecular weight excluding hydrogens is 220 g/mol. The fourth-order valence-electron chi connectivity index (χ4n) is 0.859. The third kappa shape index (κ3) is 4.28. The Morgan fingerprint density at radius 2 is 2.09 bits per heavy atom. The summed E-state index contributed by atoms with van der Waals surface area (Å²) in [5.41, 5.74) is 0.0292. The van der Waals surface area contributed by atoms with Gasteiger partial charge >= 0.3 is 0 Å². The molecule has 0 amide bonds. The first-order valence-electron chi connectivity index (χ1n) is 4.23. The minimum Gasteiger partial charge on any atom is -0.422 e. The molecule has 1 nitrogen and oxygen atoms in total. The van der Waals surface area contributed by atoms with E-state index in [0.29, 0.717) is 4.83 Å². The Balaban J connectivity index is 3.71. The monoisotopic (exact) mass is 238 g/mol. The molecule has 68 valence electrons. The van der Waals surface area contributed by atoms with E-state index in [1.807, 2.05) is 0 Å². The summed E-state index contributed by atoms with van der Waals surface area (Å²) in [5, 5.41) is 0. The number of alkyl halides is 1. The molecule has 0 radical (unpaired) electrons. The molecule has 3 heteroatoms. The lowest BCUT2D eigenvalue weighted by Crippen LogP contribution is -2.34. The van der Waals surface area contributed by atoms with E-state index in [0.717, 1.165) is 10.5 Å². The molecular formula is C8H19BrOSi. The van der Waals surface area contributed by atoms with Gasteiger partial charge in [0.05, 0.1) is 5.60 Å². The van der Waals surface area contributed by atoms with Crippen LogP contribution in [-0.2, 0) is 4.43 Å². The minimum atomic E-state index is 0.0292. The molecule has 0 aliphatic rings. The molecule has 0 N–H and O–H groups in total. The smallest absolute Gasteiger partial charge is 0.146 e. The van der Waals surface area contributed by atoms with Crippen LogP contribution in [0.4, 0.5) is 0 Å². The summed E-state index contributed by atoms with van der Waals surface area (Å²) in [7, 11) is 0.824.